The van der Waals surface area contributed by atoms with Crippen LogP contribution >= 0.6 is 0 Å². The molecule has 0 aromatic rings. The molecule has 0 aromatic carbocycles. The van der Waals surface area contributed by atoms with Crippen LogP contribution in [-0.2, 0) is 9.53 Å². The maximum absolute atomic E-state index is 12.9. The summed E-state index contributed by atoms with van der Waals surface area (Å²) in [6.45, 7) is 22.9. The standard InChI is InChI=1S/C17H34O2/c1-12(2)16(9,10)19-13(18)17(11,14(3,4)5)15(6,7)8/h12H,1-11H3. The van der Waals surface area contributed by atoms with Crippen molar-refractivity contribution in [1.82, 2.24) is 0 Å². The predicted molar refractivity (Wildman–Crippen MR) is 82.0 cm³/mol. The summed E-state index contributed by atoms with van der Waals surface area (Å²) in [5, 5.41) is 0. The molecule has 0 rings (SSSR count). The van der Waals surface area contributed by atoms with E-state index < -0.39 is 11.0 Å². The fourth-order valence-corrected chi connectivity index (χ4v) is 2.20. The van der Waals surface area contributed by atoms with E-state index in [0.717, 1.165) is 0 Å². The van der Waals surface area contributed by atoms with Crippen LogP contribution in [0.15, 0.2) is 0 Å². The molecule has 19 heavy (non-hydrogen) atoms. The molecular formula is C17H34O2. The van der Waals surface area contributed by atoms with Crippen LogP contribution in [0.25, 0.3) is 0 Å². The van der Waals surface area contributed by atoms with Gasteiger partial charge in [0.2, 0.25) is 0 Å². The first-order valence-electron chi connectivity index (χ1n) is 7.31. The maximum Gasteiger partial charge on any atom is 0.313 e. The van der Waals surface area contributed by atoms with Gasteiger partial charge in [0, 0.05) is 0 Å². The highest BCUT2D eigenvalue weighted by Gasteiger charge is 2.54. The molecule has 2 heteroatoms. The molecule has 0 amide bonds. The highest BCUT2D eigenvalue weighted by molar-refractivity contribution is 5.78. The summed E-state index contributed by atoms with van der Waals surface area (Å²) in [4.78, 5) is 12.9. The van der Waals surface area contributed by atoms with Crippen molar-refractivity contribution in [3.63, 3.8) is 0 Å². The van der Waals surface area contributed by atoms with Gasteiger partial charge in [0.1, 0.15) is 5.60 Å². The summed E-state index contributed by atoms with van der Waals surface area (Å²) < 4.78 is 5.88. The molecule has 0 atom stereocenters. The van der Waals surface area contributed by atoms with E-state index in [1.165, 1.54) is 0 Å². The Morgan fingerprint density at radius 3 is 1.32 bits per heavy atom. The summed E-state index contributed by atoms with van der Waals surface area (Å²) in [6.07, 6.45) is 0. The van der Waals surface area contributed by atoms with Gasteiger partial charge in [-0.05, 0) is 37.5 Å². The SMILES string of the molecule is CC(C)C(C)(C)OC(=O)C(C)(C(C)(C)C)C(C)(C)C. The fourth-order valence-electron chi connectivity index (χ4n) is 2.20. The van der Waals surface area contributed by atoms with Crippen molar-refractivity contribution in [3.8, 4) is 0 Å². The minimum absolute atomic E-state index is 0.0915. The lowest BCUT2D eigenvalue weighted by molar-refractivity contribution is -0.189. The lowest BCUT2D eigenvalue weighted by Crippen LogP contribution is -2.53. The van der Waals surface area contributed by atoms with Gasteiger partial charge in [-0.25, -0.2) is 0 Å². The molecular weight excluding hydrogens is 236 g/mol. The Hall–Kier alpha value is -0.530. The van der Waals surface area contributed by atoms with Gasteiger partial charge >= 0.3 is 5.97 Å². The molecule has 0 spiro atoms. The average Bonchev–Trinajstić information content (AvgIpc) is 2.11. The average molecular weight is 270 g/mol. The topological polar surface area (TPSA) is 26.3 Å². The molecule has 0 saturated heterocycles. The molecule has 0 aliphatic carbocycles. The van der Waals surface area contributed by atoms with Gasteiger partial charge in [-0.3, -0.25) is 4.79 Å². The first kappa shape index (κ1) is 18.5. The van der Waals surface area contributed by atoms with Crippen LogP contribution in [0.5, 0.6) is 0 Å². The third-order valence-corrected chi connectivity index (χ3v) is 5.15. The van der Waals surface area contributed by atoms with Crippen molar-refractivity contribution in [2.24, 2.45) is 22.2 Å². The van der Waals surface area contributed by atoms with Crippen LogP contribution in [0.1, 0.15) is 76.2 Å². The van der Waals surface area contributed by atoms with Gasteiger partial charge in [-0.1, -0.05) is 55.4 Å². The Morgan fingerprint density at radius 1 is 0.789 bits per heavy atom. The van der Waals surface area contributed by atoms with E-state index in [1.54, 1.807) is 0 Å². The zero-order valence-corrected chi connectivity index (χ0v) is 14.9. The van der Waals surface area contributed by atoms with Gasteiger partial charge in [-0.15, -0.1) is 0 Å². The van der Waals surface area contributed by atoms with E-state index in [4.69, 9.17) is 4.74 Å². The molecule has 0 fully saturated rings. The number of esters is 1. The number of carbonyl (C=O) groups is 1. The van der Waals surface area contributed by atoms with Crippen molar-refractivity contribution < 1.29 is 9.53 Å². The molecule has 0 aliphatic rings. The van der Waals surface area contributed by atoms with E-state index in [1.807, 2.05) is 20.8 Å². The van der Waals surface area contributed by atoms with E-state index in [2.05, 4.69) is 55.4 Å². The number of rotatable bonds is 3. The zero-order chi connectivity index (χ0) is 15.9. The summed E-state index contributed by atoms with van der Waals surface area (Å²) >= 11 is 0. The smallest absolute Gasteiger partial charge is 0.313 e. The Balaban J connectivity index is 5.53. The summed E-state index contributed by atoms with van der Waals surface area (Å²) in [6, 6.07) is 0. The van der Waals surface area contributed by atoms with Crippen LogP contribution in [0, 0.1) is 22.2 Å². The van der Waals surface area contributed by atoms with Crippen molar-refractivity contribution in [2.45, 2.75) is 81.8 Å². The fraction of sp³-hybridized carbons (Fsp3) is 0.941. The molecule has 0 radical (unpaired) electrons. The van der Waals surface area contributed by atoms with E-state index in [-0.39, 0.29) is 16.8 Å². The second-order valence-electron chi connectivity index (χ2n) is 8.77. The predicted octanol–water partition coefficient (Wildman–Crippen LogP) is 5.06. The Bertz CT molecular complexity index is 310. The zero-order valence-electron chi connectivity index (χ0n) is 14.9. The maximum atomic E-state index is 12.9. The molecule has 0 N–H and O–H groups in total. The van der Waals surface area contributed by atoms with Crippen LogP contribution in [0.4, 0.5) is 0 Å². The van der Waals surface area contributed by atoms with Crippen molar-refractivity contribution >= 4 is 5.97 Å². The van der Waals surface area contributed by atoms with Crippen molar-refractivity contribution in [2.75, 3.05) is 0 Å². The van der Waals surface area contributed by atoms with Crippen LogP contribution < -0.4 is 0 Å². The van der Waals surface area contributed by atoms with Gasteiger partial charge in [-0.2, -0.15) is 0 Å². The molecule has 0 unspecified atom stereocenters. The second-order valence-corrected chi connectivity index (χ2v) is 8.77. The molecule has 0 heterocycles. The minimum atomic E-state index is -0.536. The Morgan fingerprint density at radius 2 is 1.11 bits per heavy atom. The van der Waals surface area contributed by atoms with Crippen molar-refractivity contribution in [1.29, 1.82) is 0 Å². The minimum Gasteiger partial charge on any atom is -0.459 e. The number of hydrogen-bond donors (Lipinski definition) is 0. The summed E-state index contributed by atoms with van der Waals surface area (Å²) in [5.74, 6) is 0.201. The Labute approximate surface area is 120 Å². The lowest BCUT2D eigenvalue weighted by Gasteiger charge is -2.50. The van der Waals surface area contributed by atoms with Crippen LogP contribution in [0.3, 0.4) is 0 Å². The number of carbonyl (C=O) groups excluding carboxylic acids is 1. The first-order valence-corrected chi connectivity index (χ1v) is 7.31. The van der Waals surface area contributed by atoms with Crippen molar-refractivity contribution in [3.05, 3.63) is 0 Å². The lowest BCUT2D eigenvalue weighted by atomic mass is 9.55. The van der Waals surface area contributed by atoms with Crippen LogP contribution in [0.2, 0.25) is 0 Å². The molecule has 2 nitrogen and oxygen atoms in total. The first-order chi connectivity index (χ1) is 8.07. The number of hydrogen-bond acceptors (Lipinski definition) is 2. The summed E-state index contributed by atoms with van der Waals surface area (Å²) in [7, 11) is 0. The molecule has 0 bridgehead atoms. The molecule has 0 aliphatic heterocycles. The van der Waals surface area contributed by atoms with E-state index in [0.29, 0.717) is 5.92 Å². The highest BCUT2D eigenvalue weighted by Crippen LogP contribution is 2.52. The van der Waals surface area contributed by atoms with Crippen LogP contribution in [-0.4, -0.2) is 11.6 Å². The highest BCUT2D eigenvalue weighted by atomic mass is 16.6. The Kier molecular flexibility index (Phi) is 4.96. The van der Waals surface area contributed by atoms with Gasteiger partial charge in [0.15, 0.2) is 0 Å². The monoisotopic (exact) mass is 270 g/mol. The number of ether oxygens (including phenoxy) is 1. The third kappa shape index (κ3) is 3.52. The second kappa shape index (κ2) is 5.10. The molecule has 0 aromatic heterocycles. The van der Waals surface area contributed by atoms with Gasteiger partial charge in [0.05, 0.1) is 5.41 Å². The van der Waals surface area contributed by atoms with E-state index >= 15 is 0 Å². The summed E-state index contributed by atoms with van der Waals surface area (Å²) in [5.41, 5.74) is -1.29. The van der Waals surface area contributed by atoms with Gasteiger partial charge in [0.25, 0.3) is 0 Å². The largest absolute Gasteiger partial charge is 0.459 e. The molecule has 114 valence electrons. The third-order valence-electron chi connectivity index (χ3n) is 5.15. The quantitative estimate of drug-likeness (QED) is 0.670. The molecule has 0 saturated carbocycles. The van der Waals surface area contributed by atoms with Gasteiger partial charge < -0.3 is 4.74 Å². The van der Waals surface area contributed by atoms with E-state index in [9.17, 15) is 4.79 Å². The normalized spacial score (nSPS) is 14.7.